The first-order valence-corrected chi connectivity index (χ1v) is 9.30. The lowest BCUT2D eigenvalue weighted by Crippen LogP contribution is -2.31. The second-order valence-corrected chi connectivity index (χ2v) is 7.01. The van der Waals surface area contributed by atoms with Crippen LogP contribution in [0.5, 0.6) is 5.88 Å². The monoisotopic (exact) mass is 392 g/mol. The number of nitrogens with zero attached hydrogens (tertiary/aromatic N) is 2. The zero-order valence-corrected chi connectivity index (χ0v) is 15.0. The largest absolute Gasteiger partial charge is 0.534 e. The number of aliphatic hydroxyl groups is 1. The van der Waals surface area contributed by atoms with Crippen molar-refractivity contribution in [2.45, 2.75) is 25.4 Å². The van der Waals surface area contributed by atoms with Gasteiger partial charge in [-0.05, 0) is 24.7 Å². The molecule has 1 aromatic heterocycles. The number of alkyl halides is 3. The van der Waals surface area contributed by atoms with E-state index in [-0.39, 0.29) is 12.1 Å². The number of hydrogen-bond acceptors (Lipinski definition) is 6. The van der Waals surface area contributed by atoms with E-state index in [1.807, 2.05) is 18.7 Å². The van der Waals surface area contributed by atoms with Crippen molar-refractivity contribution in [2.24, 2.45) is 0 Å². The van der Waals surface area contributed by atoms with Gasteiger partial charge in [0.05, 0.1) is 18.2 Å². The Morgan fingerprint density at radius 3 is 2.38 bits per heavy atom. The van der Waals surface area contributed by atoms with Gasteiger partial charge in [0, 0.05) is 11.5 Å². The fourth-order valence-electron chi connectivity index (χ4n) is 2.70. The Hall–Kier alpha value is -1.91. The molecule has 0 spiro atoms. The second kappa shape index (κ2) is 7.77. The Balaban J connectivity index is 2.54. The van der Waals surface area contributed by atoms with Crippen LogP contribution >= 0.6 is 0 Å². The summed E-state index contributed by atoms with van der Waals surface area (Å²) in [4.78, 5) is 5.91. The molecule has 0 aliphatic rings. The molecular weight excluding hydrogens is 373 g/mol. The average molecular weight is 392 g/mol. The Morgan fingerprint density at radius 2 is 1.85 bits per heavy atom. The average Bonchev–Trinajstić information content (AvgIpc) is 2.58. The molecule has 1 aromatic carbocycles. The highest BCUT2D eigenvalue weighted by atomic mass is 32.2. The molecule has 0 saturated heterocycles. The Labute approximate surface area is 149 Å². The molecular formula is C16H19F3N2O4S. The van der Waals surface area contributed by atoms with Crippen molar-refractivity contribution in [3.8, 4) is 5.88 Å². The van der Waals surface area contributed by atoms with Gasteiger partial charge in [-0.1, -0.05) is 32.0 Å². The topological polar surface area (TPSA) is 79.7 Å². The number of pyridine rings is 1. The van der Waals surface area contributed by atoms with Crippen LogP contribution in [0, 0.1) is 0 Å². The molecule has 1 atom stereocenters. The summed E-state index contributed by atoms with van der Waals surface area (Å²) < 4.78 is 64.0. The summed E-state index contributed by atoms with van der Waals surface area (Å²) in [6.07, 6.45) is 0. The molecule has 144 valence electrons. The maximum Gasteiger partial charge on any atom is 0.534 e. The first-order chi connectivity index (χ1) is 12.1. The number of likely N-dealkylation sites (N-methyl/N-ethyl adjacent to an activating group) is 1. The third-order valence-corrected chi connectivity index (χ3v) is 4.95. The lowest BCUT2D eigenvalue weighted by atomic mass is 10.0. The molecule has 10 heteroatoms. The molecule has 0 saturated carbocycles. The van der Waals surface area contributed by atoms with Crippen LogP contribution in [-0.2, 0) is 10.1 Å². The van der Waals surface area contributed by atoms with Crippen molar-refractivity contribution in [3.63, 3.8) is 0 Å². The molecule has 1 unspecified atom stereocenters. The summed E-state index contributed by atoms with van der Waals surface area (Å²) in [6.45, 7) is 4.87. The fourth-order valence-corrected chi connectivity index (χ4v) is 3.11. The van der Waals surface area contributed by atoms with Crippen LogP contribution in [0.1, 0.15) is 25.5 Å². The van der Waals surface area contributed by atoms with Crippen molar-refractivity contribution in [2.75, 3.05) is 19.7 Å². The summed E-state index contributed by atoms with van der Waals surface area (Å²) in [6, 6.07) is 7.15. The standard InChI is InChI=1S/C16H19F3N2O4S/c1-3-21(4-2)13(10-22)12-7-5-6-11-8-9-14(20-15(11)12)25-26(23,24)16(17,18)19/h5-9,13,22H,3-4,10H2,1-2H3. The van der Waals surface area contributed by atoms with Crippen LogP contribution in [0.15, 0.2) is 30.3 Å². The molecule has 1 N–H and O–H groups in total. The van der Waals surface area contributed by atoms with E-state index < -0.39 is 27.5 Å². The SMILES string of the molecule is CCN(CC)C(CO)c1cccc2ccc(OS(=O)(=O)C(F)(F)F)nc12. The molecule has 6 nitrogen and oxygen atoms in total. The number of fused-ring (bicyclic) bond motifs is 1. The lowest BCUT2D eigenvalue weighted by Gasteiger charge is -2.29. The summed E-state index contributed by atoms with van der Waals surface area (Å²) in [5, 5.41) is 10.4. The van der Waals surface area contributed by atoms with Gasteiger partial charge in [0.15, 0.2) is 0 Å². The van der Waals surface area contributed by atoms with Gasteiger partial charge < -0.3 is 9.29 Å². The molecule has 0 aliphatic heterocycles. The van der Waals surface area contributed by atoms with E-state index in [1.165, 1.54) is 6.07 Å². The number of para-hydroxylation sites is 1. The number of rotatable bonds is 7. The van der Waals surface area contributed by atoms with Gasteiger partial charge in [-0.2, -0.15) is 21.6 Å². The van der Waals surface area contributed by atoms with E-state index in [2.05, 4.69) is 9.17 Å². The summed E-state index contributed by atoms with van der Waals surface area (Å²) in [5.74, 6) is -0.682. The third kappa shape index (κ3) is 4.08. The minimum Gasteiger partial charge on any atom is -0.394 e. The van der Waals surface area contributed by atoms with E-state index in [4.69, 9.17) is 0 Å². The van der Waals surface area contributed by atoms with Gasteiger partial charge in [0.25, 0.3) is 0 Å². The minimum absolute atomic E-state index is 0.228. The highest BCUT2D eigenvalue weighted by molar-refractivity contribution is 7.87. The van der Waals surface area contributed by atoms with Crippen LogP contribution in [0.2, 0.25) is 0 Å². The second-order valence-electron chi connectivity index (χ2n) is 5.47. The first-order valence-electron chi connectivity index (χ1n) is 7.90. The van der Waals surface area contributed by atoms with Crippen molar-refractivity contribution >= 4 is 21.0 Å². The van der Waals surface area contributed by atoms with Crippen LogP contribution in [0.25, 0.3) is 10.9 Å². The summed E-state index contributed by atoms with van der Waals surface area (Å²) >= 11 is 0. The molecule has 26 heavy (non-hydrogen) atoms. The number of hydrogen-bond donors (Lipinski definition) is 1. The van der Waals surface area contributed by atoms with Crippen LogP contribution < -0.4 is 4.18 Å². The summed E-state index contributed by atoms with van der Waals surface area (Å²) in [5.41, 5.74) is -4.70. The van der Waals surface area contributed by atoms with Crippen LogP contribution in [0.3, 0.4) is 0 Å². The number of aromatic nitrogens is 1. The Bertz CT molecular complexity index is 867. The minimum atomic E-state index is -5.81. The smallest absolute Gasteiger partial charge is 0.394 e. The van der Waals surface area contributed by atoms with E-state index in [1.54, 1.807) is 18.2 Å². The van der Waals surface area contributed by atoms with Gasteiger partial charge in [0.2, 0.25) is 5.88 Å². The molecule has 0 bridgehead atoms. The Kier molecular flexibility index (Phi) is 6.09. The van der Waals surface area contributed by atoms with E-state index in [9.17, 15) is 26.7 Å². The van der Waals surface area contributed by atoms with Gasteiger partial charge in [-0.25, -0.2) is 4.98 Å². The van der Waals surface area contributed by atoms with Gasteiger partial charge in [-0.15, -0.1) is 0 Å². The van der Waals surface area contributed by atoms with Crippen LogP contribution in [0.4, 0.5) is 13.2 Å². The molecule has 0 radical (unpaired) electrons. The van der Waals surface area contributed by atoms with Crippen molar-refractivity contribution < 1.29 is 30.9 Å². The lowest BCUT2D eigenvalue weighted by molar-refractivity contribution is -0.0501. The molecule has 2 rings (SSSR count). The molecule has 1 heterocycles. The zero-order chi connectivity index (χ0) is 19.5. The van der Waals surface area contributed by atoms with Crippen LogP contribution in [-0.4, -0.2) is 48.6 Å². The van der Waals surface area contributed by atoms with Gasteiger partial charge in [0.1, 0.15) is 0 Å². The number of aliphatic hydroxyl groups excluding tert-OH is 1. The van der Waals surface area contributed by atoms with E-state index in [0.717, 1.165) is 6.07 Å². The molecule has 0 fully saturated rings. The Morgan fingerprint density at radius 1 is 1.19 bits per heavy atom. The van der Waals surface area contributed by atoms with E-state index >= 15 is 0 Å². The molecule has 0 amide bonds. The normalized spacial score (nSPS) is 14.0. The highest BCUT2D eigenvalue weighted by Crippen LogP contribution is 2.30. The first kappa shape index (κ1) is 20.4. The molecule has 2 aromatic rings. The van der Waals surface area contributed by atoms with Crippen molar-refractivity contribution in [3.05, 3.63) is 35.9 Å². The quantitative estimate of drug-likeness (QED) is 0.577. The van der Waals surface area contributed by atoms with Gasteiger partial charge in [-0.3, -0.25) is 4.90 Å². The van der Waals surface area contributed by atoms with Gasteiger partial charge >= 0.3 is 15.6 Å². The maximum absolute atomic E-state index is 12.5. The predicted octanol–water partition coefficient (Wildman–Crippen LogP) is 2.84. The summed E-state index contributed by atoms with van der Waals surface area (Å²) in [7, 11) is -5.81. The van der Waals surface area contributed by atoms with Crippen molar-refractivity contribution in [1.82, 2.24) is 9.88 Å². The number of benzene rings is 1. The van der Waals surface area contributed by atoms with E-state index in [0.29, 0.717) is 24.0 Å². The zero-order valence-electron chi connectivity index (χ0n) is 14.2. The highest BCUT2D eigenvalue weighted by Gasteiger charge is 2.48. The fraction of sp³-hybridized carbons (Fsp3) is 0.438. The third-order valence-electron chi connectivity index (χ3n) is 3.99. The predicted molar refractivity (Wildman–Crippen MR) is 90.1 cm³/mol. The van der Waals surface area contributed by atoms with Crippen molar-refractivity contribution in [1.29, 1.82) is 0 Å². The number of halogens is 3. The molecule has 0 aliphatic carbocycles. The maximum atomic E-state index is 12.5.